The van der Waals surface area contributed by atoms with Crippen molar-refractivity contribution < 1.29 is 4.79 Å². The van der Waals surface area contributed by atoms with Crippen molar-refractivity contribution >= 4 is 5.91 Å². The fourth-order valence-electron chi connectivity index (χ4n) is 1.99. The molecular formula is C12H17N3O. The van der Waals surface area contributed by atoms with E-state index in [4.69, 9.17) is 5.73 Å². The fourth-order valence-corrected chi connectivity index (χ4v) is 1.99. The van der Waals surface area contributed by atoms with E-state index in [2.05, 4.69) is 4.98 Å². The van der Waals surface area contributed by atoms with Gasteiger partial charge in [-0.25, -0.2) is 0 Å². The Hall–Kier alpha value is -1.42. The summed E-state index contributed by atoms with van der Waals surface area (Å²) >= 11 is 0. The topological polar surface area (TPSA) is 59.2 Å². The first-order chi connectivity index (χ1) is 7.62. The molecule has 1 aliphatic rings. The van der Waals surface area contributed by atoms with Crippen LogP contribution in [-0.2, 0) is 11.3 Å². The predicted octanol–water partition coefficient (Wildman–Crippen LogP) is 0.921. The van der Waals surface area contributed by atoms with Crippen LogP contribution in [0.25, 0.3) is 0 Å². The Balaban J connectivity index is 1.98. The summed E-state index contributed by atoms with van der Waals surface area (Å²) in [6.07, 6.45) is 6.17. The average molecular weight is 219 g/mol. The summed E-state index contributed by atoms with van der Waals surface area (Å²) in [5, 5.41) is 0. The van der Waals surface area contributed by atoms with E-state index in [1.165, 1.54) is 0 Å². The zero-order chi connectivity index (χ0) is 11.6. The Labute approximate surface area is 95.5 Å². The number of rotatable bonds is 3. The summed E-state index contributed by atoms with van der Waals surface area (Å²) < 4.78 is 0. The second-order valence-electron chi connectivity index (χ2n) is 4.53. The molecule has 1 amide bonds. The summed E-state index contributed by atoms with van der Waals surface area (Å²) in [6, 6.07) is 3.83. The molecule has 0 unspecified atom stereocenters. The minimum Gasteiger partial charge on any atom is -0.340 e. The van der Waals surface area contributed by atoms with Crippen molar-refractivity contribution in [1.82, 2.24) is 9.88 Å². The molecule has 0 atom stereocenters. The zero-order valence-electron chi connectivity index (χ0n) is 9.52. The number of aromatic nitrogens is 1. The Morgan fingerprint density at radius 1 is 1.62 bits per heavy atom. The van der Waals surface area contributed by atoms with Crippen LogP contribution in [0.1, 0.15) is 24.8 Å². The molecule has 1 saturated carbocycles. The molecule has 16 heavy (non-hydrogen) atoms. The number of nitrogens with two attached hydrogens (primary N) is 1. The Bertz CT molecular complexity index is 373. The molecule has 1 heterocycles. The Morgan fingerprint density at radius 3 is 2.88 bits per heavy atom. The summed E-state index contributed by atoms with van der Waals surface area (Å²) in [4.78, 5) is 17.7. The first kappa shape index (κ1) is 11.1. The quantitative estimate of drug-likeness (QED) is 0.822. The van der Waals surface area contributed by atoms with Crippen molar-refractivity contribution in [1.29, 1.82) is 0 Å². The van der Waals surface area contributed by atoms with Gasteiger partial charge in [-0.1, -0.05) is 6.07 Å². The van der Waals surface area contributed by atoms with E-state index in [9.17, 15) is 4.79 Å². The van der Waals surface area contributed by atoms with Crippen molar-refractivity contribution in [3.63, 3.8) is 0 Å². The highest BCUT2D eigenvalue weighted by Gasteiger charge is 2.41. The van der Waals surface area contributed by atoms with E-state index in [1.54, 1.807) is 24.3 Å². The van der Waals surface area contributed by atoms with Crippen LogP contribution in [0.4, 0.5) is 0 Å². The van der Waals surface area contributed by atoms with Crippen molar-refractivity contribution in [3.05, 3.63) is 30.1 Å². The van der Waals surface area contributed by atoms with Gasteiger partial charge in [0.05, 0.1) is 5.54 Å². The molecule has 0 spiro atoms. The highest BCUT2D eigenvalue weighted by atomic mass is 16.2. The van der Waals surface area contributed by atoms with Crippen LogP contribution >= 0.6 is 0 Å². The maximum absolute atomic E-state index is 12.0. The summed E-state index contributed by atoms with van der Waals surface area (Å²) in [7, 11) is 1.79. The molecule has 86 valence electrons. The average Bonchev–Trinajstić information content (AvgIpc) is 2.26. The van der Waals surface area contributed by atoms with Crippen LogP contribution in [0.2, 0.25) is 0 Å². The van der Waals surface area contributed by atoms with E-state index < -0.39 is 5.54 Å². The van der Waals surface area contributed by atoms with E-state index in [0.29, 0.717) is 6.54 Å². The number of nitrogens with zero attached hydrogens (tertiary/aromatic N) is 2. The predicted molar refractivity (Wildman–Crippen MR) is 61.5 cm³/mol. The highest BCUT2D eigenvalue weighted by Crippen LogP contribution is 2.30. The van der Waals surface area contributed by atoms with Crippen LogP contribution in [0.15, 0.2) is 24.5 Å². The van der Waals surface area contributed by atoms with Gasteiger partial charge in [-0.3, -0.25) is 9.78 Å². The first-order valence-corrected chi connectivity index (χ1v) is 5.55. The molecule has 0 saturated heterocycles. The lowest BCUT2D eigenvalue weighted by molar-refractivity contribution is -0.139. The van der Waals surface area contributed by atoms with Gasteiger partial charge in [-0.15, -0.1) is 0 Å². The van der Waals surface area contributed by atoms with Gasteiger partial charge in [0.15, 0.2) is 0 Å². The largest absolute Gasteiger partial charge is 0.340 e. The lowest BCUT2D eigenvalue weighted by Gasteiger charge is -2.39. The van der Waals surface area contributed by atoms with Crippen LogP contribution in [0.3, 0.4) is 0 Å². The second-order valence-corrected chi connectivity index (χ2v) is 4.53. The standard InChI is InChI=1S/C12H17N3O/c1-15(9-10-4-2-7-14-8-10)11(16)12(13)5-3-6-12/h2,4,7-8H,3,5-6,9,13H2,1H3. The molecule has 2 N–H and O–H groups in total. The molecule has 1 aromatic heterocycles. The molecule has 2 rings (SSSR count). The number of hydrogen-bond donors (Lipinski definition) is 1. The number of carbonyl (C=O) groups excluding carboxylic acids is 1. The van der Waals surface area contributed by atoms with E-state index in [1.807, 2.05) is 12.1 Å². The third-order valence-electron chi connectivity index (χ3n) is 3.16. The summed E-state index contributed by atoms with van der Waals surface area (Å²) in [5.74, 6) is 0.0441. The molecule has 1 aliphatic carbocycles. The molecule has 1 aromatic rings. The van der Waals surface area contributed by atoms with Crippen molar-refractivity contribution in [2.45, 2.75) is 31.3 Å². The van der Waals surface area contributed by atoms with Gasteiger partial charge in [0.25, 0.3) is 0 Å². The first-order valence-electron chi connectivity index (χ1n) is 5.55. The highest BCUT2D eigenvalue weighted by molar-refractivity contribution is 5.86. The van der Waals surface area contributed by atoms with Gasteiger partial charge in [0.2, 0.25) is 5.91 Å². The van der Waals surface area contributed by atoms with Gasteiger partial charge < -0.3 is 10.6 Å². The maximum atomic E-state index is 12.0. The van der Waals surface area contributed by atoms with Crippen LogP contribution < -0.4 is 5.73 Å². The van der Waals surface area contributed by atoms with Gasteiger partial charge >= 0.3 is 0 Å². The van der Waals surface area contributed by atoms with Crippen LogP contribution in [0, 0.1) is 0 Å². The Morgan fingerprint density at radius 2 is 2.38 bits per heavy atom. The van der Waals surface area contributed by atoms with E-state index in [-0.39, 0.29) is 5.91 Å². The lowest BCUT2D eigenvalue weighted by atomic mass is 9.76. The molecule has 0 aromatic carbocycles. The summed E-state index contributed by atoms with van der Waals surface area (Å²) in [6.45, 7) is 0.575. The third-order valence-corrected chi connectivity index (χ3v) is 3.16. The number of pyridine rings is 1. The number of likely N-dealkylation sites (N-methyl/N-ethyl adjacent to an activating group) is 1. The van der Waals surface area contributed by atoms with Crippen molar-refractivity contribution in [2.24, 2.45) is 5.73 Å². The second kappa shape index (κ2) is 4.22. The lowest BCUT2D eigenvalue weighted by Crippen LogP contribution is -2.58. The molecular weight excluding hydrogens is 202 g/mol. The Kier molecular flexibility index (Phi) is 2.92. The molecule has 4 nitrogen and oxygen atoms in total. The van der Waals surface area contributed by atoms with E-state index >= 15 is 0 Å². The normalized spacial score (nSPS) is 17.6. The fraction of sp³-hybridized carbons (Fsp3) is 0.500. The van der Waals surface area contributed by atoms with Crippen LogP contribution in [0.5, 0.6) is 0 Å². The monoisotopic (exact) mass is 219 g/mol. The van der Waals surface area contributed by atoms with Crippen molar-refractivity contribution in [2.75, 3.05) is 7.05 Å². The van der Waals surface area contributed by atoms with Gasteiger partial charge in [0, 0.05) is 26.0 Å². The smallest absolute Gasteiger partial charge is 0.242 e. The maximum Gasteiger partial charge on any atom is 0.242 e. The van der Waals surface area contributed by atoms with Crippen LogP contribution in [-0.4, -0.2) is 28.4 Å². The summed E-state index contributed by atoms with van der Waals surface area (Å²) in [5.41, 5.74) is 6.42. The molecule has 0 aliphatic heterocycles. The van der Waals surface area contributed by atoms with Gasteiger partial charge in [0.1, 0.15) is 0 Å². The minimum atomic E-state index is -0.600. The molecule has 1 fully saturated rings. The van der Waals surface area contributed by atoms with E-state index in [0.717, 1.165) is 24.8 Å². The van der Waals surface area contributed by atoms with Gasteiger partial charge in [-0.2, -0.15) is 0 Å². The molecule has 0 radical (unpaired) electrons. The number of hydrogen-bond acceptors (Lipinski definition) is 3. The number of carbonyl (C=O) groups is 1. The SMILES string of the molecule is CN(Cc1cccnc1)C(=O)C1(N)CCC1. The van der Waals surface area contributed by atoms with Crippen molar-refractivity contribution in [3.8, 4) is 0 Å². The number of amides is 1. The molecule has 0 bridgehead atoms. The minimum absolute atomic E-state index is 0.0441. The molecule has 4 heteroatoms. The zero-order valence-corrected chi connectivity index (χ0v) is 9.52. The third kappa shape index (κ3) is 2.07. The van der Waals surface area contributed by atoms with Gasteiger partial charge in [-0.05, 0) is 30.9 Å².